The smallest absolute Gasteiger partial charge is 0.416 e. The summed E-state index contributed by atoms with van der Waals surface area (Å²) in [6, 6.07) is 9.10. The van der Waals surface area contributed by atoms with Crippen LogP contribution in [0.1, 0.15) is 35.0 Å². The molecule has 2 atom stereocenters. The number of alkyl halides is 3. The van der Waals surface area contributed by atoms with E-state index in [0.717, 1.165) is 11.8 Å². The molecule has 1 aromatic heterocycles. The first kappa shape index (κ1) is 16.6. The number of aryl methyl sites for hydroxylation is 1. The van der Waals surface area contributed by atoms with E-state index in [1.54, 1.807) is 19.2 Å². The van der Waals surface area contributed by atoms with Crippen LogP contribution in [0.3, 0.4) is 0 Å². The number of carbonyl (C=O) groups is 1. The van der Waals surface area contributed by atoms with Crippen LogP contribution in [0.4, 0.5) is 13.2 Å². The third-order valence-electron chi connectivity index (χ3n) is 4.34. The van der Waals surface area contributed by atoms with Gasteiger partial charge in [0.2, 0.25) is 5.91 Å². The van der Waals surface area contributed by atoms with Crippen LogP contribution >= 0.6 is 0 Å². The molecule has 2 unspecified atom stereocenters. The summed E-state index contributed by atoms with van der Waals surface area (Å²) < 4.78 is 44.8. The number of amides is 1. The molecule has 2 aromatic rings. The van der Waals surface area contributed by atoms with Crippen LogP contribution in [-0.2, 0) is 17.5 Å². The number of hydrogen-bond donors (Lipinski definition) is 0. The van der Waals surface area contributed by atoms with E-state index in [1.165, 1.54) is 17.0 Å². The molecule has 1 aliphatic carbocycles. The monoisotopic (exact) mass is 337 g/mol. The molecule has 0 bridgehead atoms. The lowest BCUT2D eigenvalue weighted by atomic mass is 10.0. The van der Waals surface area contributed by atoms with Gasteiger partial charge in [-0.2, -0.15) is 13.2 Å². The Bertz CT molecular complexity index is 751. The summed E-state index contributed by atoms with van der Waals surface area (Å²) in [7, 11) is 1.64. The zero-order chi connectivity index (χ0) is 17.5. The van der Waals surface area contributed by atoms with Crippen LogP contribution in [0.25, 0.3) is 0 Å². The Morgan fingerprint density at radius 3 is 2.58 bits per heavy atom. The minimum Gasteiger partial charge on any atom is -0.464 e. The minimum absolute atomic E-state index is 0.147. The predicted octanol–water partition coefficient (Wildman–Crippen LogP) is 4.37. The molecular weight excluding hydrogens is 319 g/mol. The summed E-state index contributed by atoms with van der Waals surface area (Å²) in [6.45, 7) is 2.13. The zero-order valence-electron chi connectivity index (χ0n) is 13.4. The molecule has 1 heterocycles. The minimum atomic E-state index is -4.40. The number of carbonyl (C=O) groups excluding carboxylic acids is 1. The largest absolute Gasteiger partial charge is 0.464 e. The summed E-state index contributed by atoms with van der Waals surface area (Å²) in [5.74, 6) is 0.516. The zero-order valence-corrected chi connectivity index (χ0v) is 13.4. The fourth-order valence-corrected chi connectivity index (χ4v) is 3.05. The van der Waals surface area contributed by atoms with Crippen molar-refractivity contribution in [1.29, 1.82) is 0 Å². The van der Waals surface area contributed by atoms with E-state index in [1.807, 2.05) is 13.0 Å². The molecule has 1 amide bonds. The van der Waals surface area contributed by atoms with Gasteiger partial charge < -0.3 is 9.32 Å². The van der Waals surface area contributed by atoms with Crippen molar-refractivity contribution in [2.45, 2.75) is 32.0 Å². The summed E-state index contributed by atoms with van der Waals surface area (Å²) >= 11 is 0. The summed E-state index contributed by atoms with van der Waals surface area (Å²) in [5, 5.41) is 0. The van der Waals surface area contributed by atoms with E-state index in [9.17, 15) is 18.0 Å². The number of nitrogens with zero attached hydrogens (tertiary/aromatic N) is 1. The number of hydrogen-bond acceptors (Lipinski definition) is 2. The van der Waals surface area contributed by atoms with Gasteiger partial charge in [-0.15, -0.1) is 0 Å². The lowest BCUT2D eigenvalue weighted by Gasteiger charge is -2.17. The Hall–Kier alpha value is -2.24. The van der Waals surface area contributed by atoms with E-state index in [2.05, 4.69) is 0 Å². The Morgan fingerprint density at radius 2 is 1.96 bits per heavy atom. The quantitative estimate of drug-likeness (QED) is 0.830. The van der Waals surface area contributed by atoms with Crippen LogP contribution < -0.4 is 0 Å². The highest BCUT2D eigenvalue weighted by Gasteiger charge is 2.48. The van der Waals surface area contributed by atoms with Gasteiger partial charge in [-0.25, -0.2) is 0 Å². The van der Waals surface area contributed by atoms with Crippen LogP contribution in [0, 0.1) is 12.8 Å². The third-order valence-corrected chi connectivity index (χ3v) is 4.34. The lowest BCUT2D eigenvalue weighted by molar-refractivity contribution is -0.138. The Balaban J connectivity index is 1.70. The lowest BCUT2D eigenvalue weighted by Crippen LogP contribution is -2.28. The summed E-state index contributed by atoms with van der Waals surface area (Å²) in [4.78, 5) is 14.0. The maximum atomic E-state index is 13.1. The van der Waals surface area contributed by atoms with E-state index in [4.69, 9.17) is 4.42 Å². The number of halogens is 3. The molecule has 1 saturated carbocycles. The second-order valence-electron chi connectivity index (χ2n) is 6.24. The van der Waals surface area contributed by atoms with Gasteiger partial charge >= 0.3 is 6.18 Å². The topological polar surface area (TPSA) is 33.5 Å². The number of rotatable bonds is 4. The average molecular weight is 337 g/mol. The van der Waals surface area contributed by atoms with Gasteiger partial charge in [0.15, 0.2) is 0 Å². The molecule has 24 heavy (non-hydrogen) atoms. The van der Waals surface area contributed by atoms with E-state index in [-0.39, 0.29) is 17.4 Å². The SMILES string of the molecule is Cc1ccc(CN(C)C(=O)C2CC2c2ccccc2C(F)(F)F)o1. The molecule has 6 heteroatoms. The molecule has 0 radical (unpaired) electrons. The first-order valence-electron chi connectivity index (χ1n) is 7.74. The molecule has 3 nitrogen and oxygen atoms in total. The van der Waals surface area contributed by atoms with E-state index < -0.39 is 17.7 Å². The number of benzene rings is 1. The molecule has 1 aromatic carbocycles. The Morgan fingerprint density at radius 1 is 1.25 bits per heavy atom. The van der Waals surface area contributed by atoms with Crippen molar-refractivity contribution >= 4 is 5.91 Å². The normalized spacial score (nSPS) is 20.0. The average Bonchev–Trinajstić information content (AvgIpc) is 3.22. The molecule has 3 rings (SSSR count). The van der Waals surface area contributed by atoms with Crippen LogP contribution in [0.2, 0.25) is 0 Å². The predicted molar refractivity (Wildman–Crippen MR) is 82.2 cm³/mol. The molecule has 1 fully saturated rings. The van der Waals surface area contributed by atoms with Crippen molar-refractivity contribution in [3.8, 4) is 0 Å². The highest BCUT2D eigenvalue weighted by atomic mass is 19.4. The van der Waals surface area contributed by atoms with Gasteiger partial charge in [0.05, 0.1) is 12.1 Å². The highest BCUT2D eigenvalue weighted by Crippen LogP contribution is 2.51. The first-order valence-corrected chi connectivity index (χ1v) is 7.74. The standard InChI is InChI=1S/C18H18F3NO2/c1-11-7-8-12(24-11)10-22(2)17(23)15-9-14(15)13-5-3-4-6-16(13)18(19,20)21/h3-8,14-15H,9-10H2,1-2H3. The van der Waals surface area contributed by atoms with Crippen molar-refractivity contribution in [3.63, 3.8) is 0 Å². The van der Waals surface area contributed by atoms with Crippen molar-refractivity contribution in [2.24, 2.45) is 5.92 Å². The van der Waals surface area contributed by atoms with Crippen LogP contribution in [0.5, 0.6) is 0 Å². The van der Waals surface area contributed by atoms with Crippen molar-refractivity contribution < 1.29 is 22.4 Å². The van der Waals surface area contributed by atoms with Crippen molar-refractivity contribution in [2.75, 3.05) is 7.05 Å². The van der Waals surface area contributed by atoms with Crippen molar-refractivity contribution in [1.82, 2.24) is 4.90 Å². The van der Waals surface area contributed by atoms with Gasteiger partial charge in [-0.1, -0.05) is 18.2 Å². The van der Waals surface area contributed by atoms with E-state index >= 15 is 0 Å². The second kappa shape index (κ2) is 6.00. The molecule has 0 aliphatic heterocycles. The van der Waals surface area contributed by atoms with E-state index in [0.29, 0.717) is 18.7 Å². The molecule has 128 valence electrons. The van der Waals surface area contributed by atoms with Gasteiger partial charge in [0.1, 0.15) is 11.5 Å². The first-order chi connectivity index (χ1) is 11.3. The highest BCUT2D eigenvalue weighted by molar-refractivity contribution is 5.83. The summed E-state index contributed by atoms with van der Waals surface area (Å²) in [5.41, 5.74) is -0.430. The summed E-state index contributed by atoms with van der Waals surface area (Å²) in [6.07, 6.45) is -3.95. The number of furan rings is 1. The fourth-order valence-electron chi connectivity index (χ4n) is 3.05. The van der Waals surface area contributed by atoms with Crippen molar-refractivity contribution in [3.05, 3.63) is 59.0 Å². The van der Waals surface area contributed by atoms with Gasteiger partial charge in [0.25, 0.3) is 0 Å². The molecular formula is C18H18F3NO2. The maximum Gasteiger partial charge on any atom is 0.416 e. The fraction of sp³-hybridized carbons (Fsp3) is 0.389. The van der Waals surface area contributed by atoms with Gasteiger partial charge in [-0.3, -0.25) is 4.79 Å². The second-order valence-corrected chi connectivity index (χ2v) is 6.24. The van der Waals surface area contributed by atoms with Gasteiger partial charge in [0, 0.05) is 13.0 Å². The molecule has 0 saturated heterocycles. The molecule has 1 aliphatic rings. The molecule has 0 spiro atoms. The Kier molecular flexibility index (Phi) is 4.15. The Labute approximate surface area is 138 Å². The molecule has 0 N–H and O–H groups in total. The van der Waals surface area contributed by atoms with Gasteiger partial charge in [-0.05, 0) is 43.0 Å². The van der Waals surface area contributed by atoms with Crippen LogP contribution in [-0.4, -0.2) is 17.9 Å². The maximum absolute atomic E-state index is 13.1. The van der Waals surface area contributed by atoms with Crippen LogP contribution in [0.15, 0.2) is 40.8 Å². The third kappa shape index (κ3) is 3.32.